The van der Waals surface area contributed by atoms with Gasteiger partial charge < -0.3 is 10.2 Å². The molecule has 0 radical (unpaired) electrons. The van der Waals surface area contributed by atoms with E-state index in [2.05, 4.69) is 28.8 Å². The van der Waals surface area contributed by atoms with Crippen molar-refractivity contribution >= 4 is 10.0 Å². The Balaban J connectivity index is 3.89. The van der Waals surface area contributed by atoms with E-state index >= 15 is 0 Å². The fraction of sp³-hybridized carbons (Fsp3) is 1.00. The van der Waals surface area contributed by atoms with Crippen LogP contribution in [-0.2, 0) is 10.0 Å². The molecule has 0 spiro atoms. The molecule has 0 fully saturated rings. The summed E-state index contributed by atoms with van der Waals surface area (Å²) in [5.41, 5.74) is 0. The van der Waals surface area contributed by atoms with Crippen LogP contribution in [-0.4, -0.2) is 57.8 Å². The van der Waals surface area contributed by atoms with Crippen molar-refractivity contribution in [2.45, 2.75) is 39.4 Å². The quantitative estimate of drug-likeness (QED) is 0.545. The van der Waals surface area contributed by atoms with E-state index in [1.807, 2.05) is 6.92 Å². The first kappa shape index (κ1) is 17.8. The molecule has 6 heteroatoms. The van der Waals surface area contributed by atoms with Gasteiger partial charge in [-0.15, -0.1) is 0 Å². The lowest BCUT2D eigenvalue weighted by Gasteiger charge is -2.18. The van der Waals surface area contributed by atoms with Crippen LogP contribution in [0.2, 0.25) is 0 Å². The van der Waals surface area contributed by atoms with Crippen molar-refractivity contribution in [3.63, 3.8) is 0 Å². The summed E-state index contributed by atoms with van der Waals surface area (Å²) in [6, 6.07) is 0. The molecule has 1 unspecified atom stereocenters. The molecule has 0 aliphatic heterocycles. The molecule has 0 aromatic carbocycles. The molecule has 0 heterocycles. The first-order valence-corrected chi connectivity index (χ1v) is 8.44. The summed E-state index contributed by atoms with van der Waals surface area (Å²) in [4.78, 5) is 2.29. The topological polar surface area (TPSA) is 61.4 Å². The maximum Gasteiger partial charge on any atom is 0.215 e. The van der Waals surface area contributed by atoms with Gasteiger partial charge >= 0.3 is 0 Å². The molecule has 1 atom stereocenters. The van der Waals surface area contributed by atoms with Gasteiger partial charge in [0, 0.05) is 13.1 Å². The highest BCUT2D eigenvalue weighted by Crippen LogP contribution is 1.97. The van der Waals surface area contributed by atoms with E-state index in [9.17, 15) is 8.42 Å². The molecule has 0 aliphatic rings. The van der Waals surface area contributed by atoms with Crippen molar-refractivity contribution in [3.05, 3.63) is 0 Å². The van der Waals surface area contributed by atoms with Crippen LogP contribution in [0.3, 0.4) is 0 Å². The summed E-state index contributed by atoms with van der Waals surface area (Å²) < 4.78 is 26.4. The summed E-state index contributed by atoms with van der Waals surface area (Å²) in [6.45, 7) is 12.7. The summed E-state index contributed by atoms with van der Waals surface area (Å²) in [5, 5.41) is 2.67. The van der Waals surface area contributed by atoms with Gasteiger partial charge in [0.05, 0.1) is 5.25 Å². The number of sulfonamides is 1. The highest BCUT2D eigenvalue weighted by atomic mass is 32.2. The fourth-order valence-corrected chi connectivity index (χ4v) is 2.71. The van der Waals surface area contributed by atoms with Crippen LogP contribution in [0.4, 0.5) is 0 Å². The molecular formula is C12H29N3O2S. The predicted octanol–water partition coefficient (Wildman–Crippen LogP) is 0.636. The molecule has 110 valence electrons. The largest absolute Gasteiger partial charge is 0.316 e. The van der Waals surface area contributed by atoms with Gasteiger partial charge in [-0.05, 0) is 39.5 Å². The van der Waals surface area contributed by atoms with Gasteiger partial charge in [0.2, 0.25) is 10.0 Å². The van der Waals surface area contributed by atoms with Gasteiger partial charge in [-0.25, -0.2) is 13.1 Å². The van der Waals surface area contributed by atoms with Crippen LogP contribution in [0, 0.1) is 0 Å². The zero-order valence-electron chi connectivity index (χ0n) is 12.2. The third kappa shape index (κ3) is 7.31. The molecule has 0 saturated heterocycles. The van der Waals surface area contributed by atoms with Crippen LogP contribution in [0.25, 0.3) is 0 Å². The average Bonchev–Trinajstić information content (AvgIpc) is 2.36. The van der Waals surface area contributed by atoms with E-state index in [0.29, 0.717) is 13.1 Å². The van der Waals surface area contributed by atoms with Crippen molar-refractivity contribution in [2.75, 3.05) is 39.3 Å². The molecule has 0 aliphatic carbocycles. The van der Waals surface area contributed by atoms with E-state index < -0.39 is 10.0 Å². The Bertz CT molecular complexity index is 290. The van der Waals surface area contributed by atoms with Crippen molar-refractivity contribution in [1.82, 2.24) is 14.9 Å². The van der Waals surface area contributed by atoms with Gasteiger partial charge in [-0.1, -0.05) is 20.8 Å². The highest BCUT2D eigenvalue weighted by molar-refractivity contribution is 7.90. The Morgan fingerprint density at radius 1 is 1.17 bits per heavy atom. The third-order valence-electron chi connectivity index (χ3n) is 3.06. The molecule has 0 bridgehead atoms. The van der Waals surface area contributed by atoms with Gasteiger partial charge in [0.1, 0.15) is 0 Å². The minimum absolute atomic E-state index is 0.383. The first-order chi connectivity index (χ1) is 8.47. The normalized spacial score (nSPS) is 14.1. The lowest BCUT2D eigenvalue weighted by Crippen LogP contribution is -2.40. The number of hydrogen-bond donors (Lipinski definition) is 2. The van der Waals surface area contributed by atoms with Crippen molar-refractivity contribution in [3.8, 4) is 0 Å². The van der Waals surface area contributed by atoms with E-state index in [-0.39, 0.29) is 5.25 Å². The summed E-state index contributed by atoms with van der Waals surface area (Å²) in [6.07, 6.45) is 0.856. The standard InChI is InChI=1S/C12H29N3O2S/c1-5-13-11-12(4)18(16,17)14-9-8-10-15(6-2)7-3/h12-14H,5-11H2,1-4H3. The zero-order chi connectivity index (χ0) is 14.0. The SMILES string of the molecule is CCNCC(C)S(=O)(=O)NCCCN(CC)CC. The van der Waals surface area contributed by atoms with Crippen LogP contribution < -0.4 is 10.0 Å². The number of hydrogen-bond acceptors (Lipinski definition) is 4. The fourth-order valence-electron chi connectivity index (χ4n) is 1.66. The van der Waals surface area contributed by atoms with Gasteiger partial charge in [-0.2, -0.15) is 0 Å². The molecule has 0 rings (SSSR count). The van der Waals surface area contributed by atoms with Crippen LogP contribution >= 0.6 is 0 Å². The van der Waals surface area contributed by atoms with Crippen molar-refractivity contribution in [2.24, 2.45) is 0 Å². The number of nitrogens with zero attached hydrogens (tertiary/aromatic N) is 1. The minimum atomic E-state index is -3.17. The monoisotopic (exact) mass is 279 g/mol. The highest BCUT2D eigenvalue weighted by Gasteiger charge is 2.19. The van der Waals surface area contributed by atoms with Gasteiger partial charge in [0.15, 0.2) is 0 Å². The maximum absolute atomic E-state index is 11.9. The molecule has 2 N–H and O–H groups in total. The number of rotatable bonds is 11. The lowest BCUT2D eigenvalue weighted by molar-refractivity contribution is 0.300. The molecule has 0 amide bonds. The van der Waals surface area contributed by atoms with Crippen LogP contribution in [0.15, 0.2) is 0 Å². The molecule has 0 aromatic heterocycles. The average molecular weight is 279 g/mol. The smallest absolute Gasteiger partial charge is 0.215 e. The first-order valence-electron chi connectivity index (χ1n) is 6.89. The minimum Gasteiger partial charge on any atom is -0.316 e. The molecule has 18 heavy (non-hydrogen) atoms. The predicted molar refractivity (Wildman–Crippen MR) is 77.3 cm³/mol. The second-order valence-corrected chi connectivity index (χ2v) is 6.62. The van der Waals surface area contributed by atoms with Gasteiger partial charge in [-0.3, -0.25) is 0 Å². The lowest BCUT2D eigenvalue weighted by atomic mass is 10.4. The molecule has 0 saturated carbocycles. The second-order valence-electron chi connectivity index (χ2n) is 4.44. The van der Waals surface area contributed by atoms with E-state index in [1.165, 1.54) is 0 Å². The second kappa shape index (κ2) is 9.72. The Morgan fingerprint density at radius 3 is 2.28 bits per heavy atom. The summed E-state index contributed by atoms with van der Waals surface area (Å²) >= 11 is 0. The third-order valence-corrected chi connectivity index (χ3v) is 4.89. The molecule has 0 aromatic rings. The Kier molecular flexibility index (Phi) is 9.63. The van der Waals surface area contributed by atoms with E-state index in [1.54, 1.807) is 6.92 Å². The van der Waals surface area contributed by atoms with Crippen molar-refractivity contribution < 1.29 is 8.42 Å². The van der Waals surface area contributed by atoms with Crippen LogP contribution in [0.5, 0.6) is 0 Å². The molecular weight excluding hydrogens is 250 g/mol. The van der Waals surface area contributed by atoms with E-state index in [0.717, 1.165) is 32.6 Å². The van der Waals surface area contributed by atoms with E-state index in [4.69, 9.17) is 0 Å². The Hall–Kier alpha value is -0.170. The Labute approximate surface area is 112 Å². The maximum atomic E-state index is 11.9. The van der Waals surface area contributed by atoms with Gasteiger partial charge in [0.25, 0.3) is 0 Å². The van der Waals surface area contributed by atoms with Crippen LogP contribution in [0.1, 0.15) is 34.1 Å². The summed E-state index contributed by atoms with van der Waals surface area (Å²) in [5.74, 6) is 0. The zero-order valence-corrected chi connectivity index (χ0v) is 13.0. The Morgan fingerprint density at radius 2 is 1.78 bits per heavy atom. The number of nitrogens with one attached hydrogen (secondary N) is 2. The molecule has 5 nitrogen and oxygen atoms in total. The van der Waals surface area contributed by atoms with Crippen molar-refractivity contribution in [1.29, 1.82) is 0 Å². The summed E-state index contributed by atoms with van der Waals surface area (Å²) in [7, 11) is -3.17.